The SMILES string of the molecule is Cc1cc(Cl)ccc1NCc1ccn(C)c1. The highest BCUT2D eigenvalue weighted by molar-refractivity contribution is 6.30. The fraction of sp³-hybridized carbons (Fsp3) is 0.231. The van der Waals surface area contributed by atoms with Gasteiger partial charge in [0.1, 0.15) is 0 Å². The van der Waals surface area contributed by atoms with Crippen LogP contribution in [0.15, 0.2) is 36.7 Å². The number of hydrogen-bond acceptors (Lipinski definition) is 1. The summed E-state index contributed by atoms with van der Waals surface area (Å²) in [5, 5.41) is 4.18. The maximum atomic E-state index is 5.91. The van der Waals surface area contributed by atoms with Crippen molar-refractivity contribution in [3.8, 4) is 0 Å². The van der Waals surface area contributed by atoms with Crippen LogP contribution in [0.2, 0.25) is 5.02 Å². The smallest absolute Gasteiger partial charge is 0.0415 e. The van der Waals surface area contributed by atoms with Crippen molar-refractivity contribution in [1.29, 1.82) is 0 Å². The number of halogens is 1. The molecule has 1 aromatic carbocycles. The Labute approximate surface area is 101 Å². The first-order valence-corrected chi connectivity index (χ1v) is 5.64. The number of anilines is 1. The third-order valence-corrected chi connectivity index (χ3v) is 2.80. The summed E-state index contributed by atoms with van der Waals surface area (Å²) in [7, 11) is 2.02. The first-order chi connectivity index (χ1) is 7.65. The molecule has 2 aromatic rings. The van der Waals surface area contributed by atoms with Gasteiger partial charge in [0.15, 0.2) is 0 Å². The third kappa shape index (κ3) is 2.58. The summed E-state index contributed by atoms with van der Waals surface area (Å²) in [4.78, 5) is 0. The van der Waals surface area contributed by atoms with Crippen LogP contribution in [0, 0.1) is 6.92 Å². The second-order valence-corrected chi connectivity index (χ2v) is 4.43. The Balaban J connectivity index is 2.04. The molecule has 2 rings (SSSR count). The number of rotatable bonds is 3. The number of benzene rings is 1. The largest absolute Gasteiger partial charge is 0.381 e. The van der Waals surface area contributed by atoms with Crippen LogP contribution in [-0.4, -0.2) is 4.57 Å². The lowest BCUT2D eigenvalue weighted by atomic mass is 10.2. The fourth-order valence-electron chi connectivity index (χ4n) is 1.69. The molecule has 0 radical (unpaired) electrons. The van der Waals surface area contributed by atoms with Crippen LogP contribution in [0.5, 0.6) is 0 Å². The van der Waals surface area contributed by atoms with E-state index >= 15 is 0 Å². The quantitative estimate of drug-likeness (QED) is 0.859. The Morgan fingerprint density at radius 1 is 1.31 bits per heavy atom. The van der Waals surface area contributed by atoms with Gasteiger partial charge in [0.05, 0.1) is 0 Å². The molecule has 16 heavy (non-hydrogen) atoms. The second kappa shape index (κ2) is 4.62. The summed E-state index contributed by atoms with van der Waals surface area (Å²) in [5.74, 6) is 0. The average molecular weight is 235 g/mol. The zero-order valence-corrected chi connectivity index (χ0v) is 10.3. The van der Waals surface area contributed by atoms with Crippen molar-refractivity contribution in [1.82, 2.24) is 4.57 Å². The lowest BCUT2D eigenvalue weighted by Gasteiger charge is -2.08. The molecule has 0 aliphatic carbocycles. The highest BCUT2D eigenvalue weighted by Crippen LogP contribution is 2.20. The van der Waals surface area contributed by atoms with Gasteiger partial charge < -0.3 is 9.88 Å². The molecule has 0 amide bonds. The van der Waals surface area contributed by atoms with E-state index in [1.54, 1.807) is 0 Å². The molecule has 0 saturated carbocycles. The third-order valence-electron chi connectivity index (χ3n) is 2.56. The highest BCUT2D eigenvalue weighted by atomic mass is 35.5. The molecule has 1 N–H and O–H groups in total. The Morgan fingerprint density at radius 2 is 2.12 bits per heavy atom. The first kappa shape index (κ1) is 11.1. The van der Waals surface area contributed by atoms with E-state index in [9.17, 15) is 0 Å². The van der Waals surface area contributed by atoms with E-state index in [0.717, 1.165) is 17.3 Å². The van der Waals surface area contributed by atoms with Crippen LogP contribution in [-0.2, 0) is 13.6 Å². The van der Waals surface area contributed by atoms with Gasteiger partial charge in [0, 0.05) is 36.7 Å². The van der Waals surface area contributed by atoms with E-state index in [1.165, 1.54) is 11.1 Å². The first-order valence-electron chi connectivity index (χ1n) is 5.26. The second-order valence-electron chi connectivity index (χ2n) is 4.00. The van der Waals surface area contributed by atoms with Crippen LogP contribution in [0.4, 0.5) is 5.69 Å². The van der Waals surface area contributed by atoms with Crippen LogP contribution in [0.1, 0.15) is 11.1 Å². The van der Waals surface area contributed by atoms with Crippen LogP contribution in [0.3, 0.4) is 0 Å². The Bertz CT molecular complexity index is 488. The van der Waals surface area contributed by atoms with Crippen molar-refractivity contribution in [2.75, 3.05) is 5.32 Å². The molecule has 0 aliphatic rings. The topological polar surface area (TPSA) is 17.0 Å². The molecule has 0 spiro atoms. The Hall–Kier alpha value is -1.41. The minimum Gasteiger partial charge on any atom is -0.381 e. The van der Waals surface area contributed by atoms with E-state index in [2.05, 4.69) is 24.5 Å². The molecule has 84 valence electrons. The number of nitrogens with zero attached hydrogens (tertiary/aromatic N) is 1. The zero-order valence-electron chi connectivity index (χ0n) is 9.50. The zero-order chi connectivity index (χ0) is 11.5. The summed E-state index contributed by atoms with van der Waals surface area (Å²) in [6, 6.07) is 8.00. The number of aromatic nitrogens is 1. The van der Waals surface area contributed by atoms with Crippen molar-refractivity contribution in [3.05, 3.63) is 52.8 Å². The maximum absolute atomic E-state index is 5.91. The minimum atomic E-state index is 0.780. The highest BCUT2D eigenvalue weighted by Gasteiger charge is 1.99. The Kier molecular flexibility index (Phi) is 3.20. The predicted octanol–water partition coefficient (Wildman–Crippen LogP) is 3.60. The molecule has 1 heterocycles. The molecule has 0 aliphatic heterocycles. The summed E-state index contributed by atoms with van der Waals surface area (Å²) < 4.78 is 2.05. The molecule has 2 nitrogen and oxygen atoms in total. The van der Waals surface area contributed by atoms with E-state index in [-0.39, 0.29) is 0 Å². The molecule has 0 atom stereocenters. The molecule has 0 saturated heterocycles. The van der Waals surface area contributed by atoms with Crippen LogP contribution >= 0.6 is 11.6 Å². The van der Waals surface area contributed by atoms with Gasteiger partial charge in [0.2, 0.25) is 0 Å². The normalized spacial score (nSPS) is 10.4. The van der Waals surface area contributed by atoms with Crippen molar-refractivity contribution < 1.29 is 0 Å². The fourth-order valence-corrected chi connectivity index (χ4v) is 1.91. The van der Waals surface area contributed by atoms with Crippen molar-refractivity contribution >= 4 is 17.3 Å². The number of nitrogens with one attached hydrogen (secondary N) is 1. The van der Waals surface area contributed by atoms with Crippen molar-refractivity contribution in [2.45, 2.75) is 13.5 Å². The maximum Gasteiger partial charge on any atom is 0.0415 e. The minimum absolute atomic E-state index is 0.780. The summed E-state index contributed by atoms with van der Waals surface area (Å²) in [6.07, 6.45) is 4.16. The van der Waals surface area contributed by atoms with E-state index in [1.807, 2.05) is 36.0 Å². The standard InChI is InChI=1S/C13H15ClN2/c1-10-7-12(14)3-4-13(10)15-8-11-5-6-16(2)9-11/h3-7,9,15H,8H2,1-2H3. The van der Waals surface area contributed by atoms with E-state index < -0.39 is 0 Å². The number of hydrogen-bond donors (Lipinski definition) is 1. The lowest BCUT2D eigenvalue weighted by molar-refractivity contribution is 0.920. The summed E-state index contributed by atoms with van der Waals surface area (Å²) in [5.41, 5.74) is 3.58. The van der Waals surface area contributed by atoms with Gasteiger partial charge >= 0.3 is 0 Å². The monoisotopic (exact) mass is 234 g/mol. The van der Waals surface area contributed by atoms with Gasteiger partial charge in [-0.15, -0.1) is 0 Å². The molecular formula is C13H15ClN2. The van der Waals surface area contributed by atoms with Gasteiger partial charge in [-0.2, -0.15) is 0 Å². The van der Waals surface area contributed by atoms with E-state index in [4.69, 9.17) is 11.6 Å². The van der Waals surface area contributed by atoms with Crippen molar-refractivity contribution in [3.63, 3.8) is 0 Å². The van der Waals surface area contributed by atoms with Gasteiger partial charge in [-0.3, -0.25) is 0 Å². The molecule has 0 unspecified atom stereocenters. The van der Waals surface area contributed by atoms with Crippen LogP contribution in [0.25, 0.3) is 0 Å². The van der Waals surface area contributed by atoms with Gasteiger partial charge in [0.25, 0.3) is 0 Å². The van der Waals surface area contributed by atoms with Crippen LogP contribution < -0.4 is 5.32 Å². The molecule has 0 bridgehead atoms. The molecular weight excluding hydrogens is 220 g/mol. The summed E-state index contributed by atoms with van der Waals surface area (Å²) >= 11 is 5.91. The van der Waals surface area contributed by atoms with Gasteiger partial charge in [-0.25, -0.2) is 0 Å². The predicted molar refractivity (Wildman–Crippen MR) is 68.9 cm³/mol. The number of aryl methyl sites for hydroxylation is 2. The van der Waals surface area contributed by atoms with Gasteiger partial charge in [-0.1, -0.05) is 11.6 Å². The molecule has 0 fully saturated rings. The van der Waals surface area contributed by atoms with Crippen molar-refractivity contribution in [2.24, 2.45) is 7.05 Å². The summed E-state index contributed by atoms with van der Waals surface area (Å²) in [6.45, 7) is 2.89. The molecule has 1 aromatic heterocycles. The van der Waals surface area contributed by atoms with Gasteiger partial charge in [-0.05, 0) is 42.3 Å². The van der Waals surface area contributed by atoms with E-state index in [0.29, 0.717) is 0 Å². The lowest BCUT2D eigenvalue weighted by Crippen LogP contribution is -2.00. The Morgan fingerprint density at radius 3 is 2.75 bits per heavy atom. The average Bonchev–Trinajstić information content (AvgIpc) is 2.63. The molecule has 3 heteroatoms.